The number of fused-ring (bicyclic) bond motifs is 1. The average Bonchev–Trinajstić information content (AvgIpc) is 2.87. The number of nitrogens with zero attached hydrogens (tertiary/aromatic N) is 2. The van der Waals surface area contributed by atoms with Gasteiger partial charge in [0, 0.05) is 30.5 Å². The van der Waals surface area contributed by atoms with E-state index in [9.17, 15) is 9.90 Å². The zero-order chi connectivity index (χ0) is 23.7. The van der Waals surface area contributed by atoms with Crippen LogP contribution < -0.4 is 10.2 Å². The molecule has 1 saturated heterocycles. The molecule has 0 radical (unpaired) electrons. The maximum absolute atomic E-state index is 13.6. The second-order valence-electron chi connectivity index (χ2n) is 8.77. The molecule has 6 nitrogen and oxygen atoms in total. The normalized spacial score (nSPS) is 16.6. The van der Waals surface area contributed by atoms with E-state index < -0.39 is 0 Å². The molecule has 5 rings (SSSR count). The Morgan fingerprint density at radius 3 is 2.79 bits per heavy atom. The number of phenolic OH excluding ortho intramolecular Hbond substituents is 1. The predicted octanol–water partition coefficient (Wildman–Crippen LogP) is 5.60. The summed E-state index contributed by atoms with van der Waals surface area (Å²) >= 11 is 0. The van der Waals surface area contributed by atoms with E-state index in [-0.39, 0.29) is 17.2 Å². The van der Waals surface area contributed by atoms with Gasteiger partial charge in [-0.15, -0.1) is 0 Å². The number of rotatable bonds is 5. The lowest BCUT2D eigenvalue weighted by atomic mass is 9.95. The van der Waals surface area contributed by atoms with Crippen molar-refractivity contribution in [3.05, 3.63) is 88.0 Å². The van der Waals surface area contributed by atoms with E-state index in [1.165, 1.54) is 0 Å². The molecule has 174 valence electrons. The summed E-state index contributed by atoms with van der Waals surface area (Å²) in [6.07, 6.45) is 6.95. The van der Waals surface area contributed by atoms with Crippen molar-refractivity contribution in [1.82, 2.24) is 9.88 Å². The van der Waals surface area contributed by atoms with Gasteiger partial charge in [0.25, 0.3) is 0 Å². The lowest BCUT2D eigenvalue weighted by molar-refractivity contribution is 0.139. The summed E-state index contributed by atoms with van der Waals surface area (Å²) in [6.45, 7) is 3.17. The molecule has 34 heavy (non-hydrogen) atoms. The Bertz CT molecular complexity index is 1380. The highest BCUT2D eigenvalue weighted by Gasteiger charge is 2.27. The van der Waals surface area contributed by atoms with Crippen LogP contribution in [0.2, 0.25) is 0 Å². The molecule has 0 saturated carbocycles. The zero-order valence-electron chi connectivity index (χ0n) is 19.5. The van der Waals surface area contributed by atoms with Crippen LogP contribution in [0.1, 0.15) is 42.2 Å². The Balaban J connectivity index is 1.61. The topological polar surface area (TPSA) is 75.8 Å². The van der Waals surface area contributed by atoms with Crippen molar-refractivity contribution in [2.24, 2.45) is 0 Å². The SMILES string of the molecule is COc1ccccc1-c1c(C)oc2c(CN3CCCC[C@H]3c3cccnc3)c(O)ccc2c1=O. The summed E-state index contributed by atoms with van der Waals surface area (Å²) in [5.41, 5.74) is 3.29. The molecule has 0 bridgehead atoms. The highest BCUT2D eigenvalue weighted by Crippen LogP contribution is 2.37. The number of aryl methyl sites for hydroxylation is 1. The number of hydrogen-bond acceptors (Lipinski definition) is 6. The van der Waals surface area contributed by atoms with Gasteiger partial charge in [-0.3, -0.25) is 14.7 Å². The van der Waals surface area contributed by atoms with E-state index >= 15 is 0 Å². The maximum Gasteiger partial charge on any atom is 0.200 e. The number of ether oxygens (including phenoxy) is 1. The molecule has 1 aliphatic heterocycles. The lowest BCUT2D eigenvalue weighted by Crippen LogP contribution is -2.33. The van der Waals surface area contributed by atoms with Gasteiger partial charge < -0.3 is 14.3 Å². The van der Waals surface area contributed by atoms with Crippen molar-refractivity contribution in [3.8, 4) is 22.6 Å². The summed E-state index contributed by atoms with van der Waals surface area (Å²) in [5, 5.41) is 11.3. The minimum atomic E-state index is -0.132. The third kappa shape index (κ3) is 3.94. The number of aromatic nitrogens is 1. The van der Waals surface area contributed by atoms with Crippen LogP contribution in [0.5, 0.6) is 11.5 Å². The lowest BCUT2D eigenvalue weighted by Gasteiger charge is -2.36. The van der Waals surface area contributed by atoms with E-state index in [1.807, 2.05) is 36.5 Å². The van der Waals surface area contributed by atoms with Gasteiger partial charge in [0.15, 0.2) is 0 Å². The fourth-order valence-corrected chi connectivity index (χ4v) is 5.06. The fraction of sp³-hybridized carbons (Fsp3) is 0.286. The van der Waals surface area contributed by atoms with Gasteiger partial charge in [-0.25, -0.2) is 0 Å². The predicted molar refractivity (Wildman–Crippen MR) is 132 cm³/mol. The Labute approximate surface area is 198 Å². The van der Waals surface area contributed by atoms with Crippen LogP contribution >= 0.6 is 0 Å². The summed E-state index contributed by atoms with van der Waals surface area (Å²) in [7, 11) is 1.59. The van der Waals surface area contributed by atoms with E-state index in [0.29, 0.717) is 45.7 Å². The summed E-state index contributed by atoms with van der Waals surface area (Å²) in [5.74, 6) is 1.25. The third-order valence-corrected chi connectivity index (χ3v) is 6.74. The first-order valence-electron chi connectivity index (χ1n) is 11.6. The molecule has 1 aliphatic rings. The zero-order valence-corrected chi connectivity index (χ0v) is 19.5. The van der Waals surface area contributed by atoms with Crippen LogP contribution in [0.15, 0.2) is 70.1 Å². The van der Waals surface area contributed by atoms with Crippen molar-refractivity contribution >= 4 is 11.0 Å². The highest BCUT2D eigenvalue weighted by molar-refractivity contribution is 5.87. The van der Waals surface area contributed by atoms with Gasteiger partial charge in [-0.1, -0.05) is 30.7 Å². The van der Waals surface area contributed by atoms with Gasteiger partial charge in [-0.05, 0) is 56.1 Å². The molecule has 1 fully saturated rings. The molecule has 2 aromatic heterocycles. The molecule has 4 aromatic rings. The van der Waals surface area contributed by atoms with Crippen molar-refractivity contribution in [2.45, 2.75) is 38.8 Å². The molecule has 0 unspecified atom stereocenters. The number of benzene rings is 2. The van der Waals surface area contributed by atoms with Crippen LogP contribution in [0.3, 0.4) is 0 Å². The van der Waals surface area contributed by atoms with Gasteiger partial charge in [0.2, 0.25) is 5.43 Å². The van der Waals surface area contributed by atoms with Gasteiger partial charge >= 0.3 is 0 Å². The van der Waals surface area contributed by atoms with Crippen molar-refractivity contribution in [2.75, 3.05) is 13.7 Å². The van der Waals surface area contributed by atoms with E-state index in [2.05, 4.69) is 16.0 Å². The fourth-order valence-electron chi connectivity index (χ4n) is 5.06. The quantitative estimate of drug-likeness (QED) is 0.421. The first-order valence-corrected chi connectivity index (χ1v) is 11.6. The minimum absolute atomic E-state index is 0.132. The Kier molecular flexibility index (Phi) is 6.07. The number of likely N-dealkylation sites (tertiary alicyclic amines) is 1. The van der Waals surface area contributed by atoms with Crippen LogP contribution in [0, 0.1) is 6.92 Å². The molecule has 6 heteroatoms. The van der Waals surface area contributed by atoms with Crippen LogP contribution in [-0.4, -0.2) is 28.6 Å². The smallest absolute Gasteiger partial charge is 0.200 e. The Hall–Kier alpha value is -3.64. The van der Waals surface area contributed by atoms with Crippen LogP contribution in [0.4, 0.5) is 0 Å². The second-order valence-corrected chi connectivity index (χ2v) is 8.77. The summed E-state index contributed by atoms with van der Waals surface area (Å²) in [6, 6.07) is 14.9. The van der Waals surface area contributed by atoms with E-state index in [1.54, 1.807) is 32.4 Å². The molecule has 0 amide bonds. The van der Waals surface area contributed by atoms with Crippen molar-refractivity contribution < 1.29 is 14.3 Å². The number of methoxy groups -OCH3 is 1. The number of piperidine rings is 1. The third-order valence-electron chi connectivity index (χ3n) is 6.74. The molecule has 3 heterocycles. The van der Waals surface area contributed by atoms with E-state index in [4.69, 9.17) is 9.15 Å². The average molecular weight is 457 g/mol. The molecular weight excluding hydrogens is 428 g/mol. The van der Waals surface area contributed by atoms with Crippen molar-refractivity contribution in [3.63, 3.8) is 0 Å². The first-order chi connectivity index (χ1) is 16.6. The molecule has 1 atom stereocenters. The summed E-state index contributed by atoms with van der Waals surface area (Å²) in [4.78, 5) is 20.3. The van der Waals surface area contributed by atoms with Crippen LogP contribution in [-0.2, 0) is 6.54 Å². The van der Waals surface area contributed by atoms with Gasteiger partial charge in [-0.2, -0.15) is 0 Å². The van der Waals surface area contributed by atoms with Crippen molar-refractivity contribution in [1.29, 1.82) is 0 Å². The molecule has 1 N–H and O–H groups in total. The standard InChI is InChI=1S/C28H28N2O4/c1-18-26(20-9-3-4-11-25(20)33-2)27(32)21-12-13-24(31)22(28(21)34-18)17-30-15-6-5-10-23(30)19-8-7-14-29-16-19/h3-4,7-9,11-14,16,23,31H,5-6,10,15,17H2,1-2H3/t23-/m0/s1. The maximum atomic E-state index is 13.6. The molecule has 2 aromatic carbocycles. The van der Waals surface area contributed by atoms with E-state index in [0.717, 1.165) is 31.4 Å². The molecular formula is C28H28N2O4. The molecule has 0 spiro atoms. The summed E-state index contributed by atoms with van der Waals surface area (Å²) < 4.78 is 11.8. The first kappa shape index (κ1) is 22.2. The van der Waals surface area contributed by atoms with Crippen LogP contribution in [0.25, 0.3) is 22.1 Å². The largest absolute Gasteiger partial charge is 0.507 e. The molecule has 0 aliphatic carbocycles. The minimum Gasteiger partial charge on any atom is -0.507 e. The Morgan fingerprint density at radius 2 is 2.00 bits per heavy atom. The number of aromatic hydroxyl groups is 1. The number of pyridine rings is 1. The number of phenols is 1. The number of para-hydroxylation sites is 1. The van der Waals surface area contributed by atoms with Gasteiger partial charge in [0.1, 0.15) is 22.8 Å². The highest BCUT2D eigenvalue weighted by atomic mass is 16.5. The monoisotopic (exact) mass is 456 g/mol. The second kappa shape index (κ2) is 9.31. The van der Waals surface area contributed by atoms with Gasteiger partial charge in [0.05, 0.1) is 23.6 Å². The number of hydrogen-bond donors (Lipinski definition) is 1. The Morgan fingerprint density at radius 1 is 1.15 bits per heavy atom.